The lowest BCUT2D eigenvalue weighted by molar-refractivity contribution is 0.776. The maximum absolute atomic E-state index is 3.18. The molecule has 0 amide bonds. The Hall–Kier alpha value is -0.820. The molecule has 0 fully saturated rings. The Kier molecular flexibility index (Phi) is 3.30. The first-order valence-electron chi connectivity index (χ1n) is 4.48. The molecule has 0 spiro atoms. The van der Waals surface area contributed by atoms with E-state index >= 15 is 0 Å². The molecule has 0 aromatic heterocycles. The average Bonchev–Trinajstić information content (AvgIpc) is 2.05. The molecule has 66 valence electrons. The van der Waals surface area contributed by atoms with Crippen molar-refractivity contribution in [3.8, 4) is 0 Å². The third kappa shape index (κ3) is 2.08. The molecule has 0 saturated heterocycles. The molecule has 1 nitrogen and oxygen atoms in total. The van der Waals surface area contributed by atoms with Crippen LogP contribution in [-0.2, 0) is 6.54 Å². The maximum Gasteiger partial charge on any atom is 0.0205 e. The van der Waals surface area contributed by atoms with E-state index in [1.165, 1.54) is 11.1 Å². The first-order chi connectivity index (χ1) is 5.75. The van der Waals surface area contributed by atoms with Crippen LogP contribution in [0.2, 0.25) is 0 Å². The molecule has 0 bridgehead atoms. The molecule has 0 saturated carbocycles. The monoisotopic (exact) mass is 163 g/mol. The standard InChI is InChI=1S/C11H17N/c1-9(2)11-7-5-4-6-10(11)8-12-3/h4-7,9,12H,8H2,1-3H3. The molecule has 0 aliphatic heterocycles. The van der Waals surface area contributed by atoms with Crippen LogP contribution in [-0.4, -0.2) is 7.05 Å². The van der Waals surface area contributed by atoms with Crippen molar-refractivity contribution in [2.45, 2.75) is 26.3 Å². The van der Waals surface area contributed by atoms with Gasteiger partial charge in [-0.1, -0.05) is 38.1 Å². The highest BCUT2D eigenvalue weighted by molar-refractivity contribution is 5.29. The van der Waals surface area contributed by atoms with Crippen molar-refractivity contribution in [2.24, 2.45) is 0 Å². The summed E-state index contributed by atoms with van der Waals surface area (Å²) in [4.78, 5) is 0. The van der Waals surface area contributed by atoms with Gasteiger partial charge >= 0.3 is 0 Å². The fourth-order valence-electron chi connectivity index (χ4n) is 1.45. The van der Waals surface area contributed by atoms with Gasteiger partial charge in [-0.05, 0) is 24.1 Å². The van der Waals surface area contributed by atoms with E-state index in [2.05, 4.69) is 43.4 Å². The first-order valence-corrected chi connectivity index (χ1v) is 4.48. The van der Waals surface area contributed by atoms with Crippen LogP contribution in [0.15, 0.2) is 24.3 Å². The molecule has 0 aliphatic rings. The molecule has 1 rings (SSSR count). The quantitative estimate of drug-likeness (QED) is 0.722. The smallest absolute Gasteiger partial charge is 0.0205 e. The second kappa shape index (κ2) is 4.27. The zero-order chi connectivity index (χ0) is 8.97. The maximum atomic E-state index is 3.18. The normalized spacial score (nSPS) is 10.7. The molecule has 0 aliphatic carbocycles. The van der Waals surface area contributed by atoms with Gasteiger partial charge in [0.25, 0.3) is 0 Å². The molecule has 1 aromatic rings. The molecular weight excluding hydrogens is 146 g/mol. The van der Waals surface area contributed by atoms with Gasteiger partial charge in [-0.3, -0.25) is 0 Å². The summed E-state index contributed by atoms with van der Waals surface area (Å²) in [6.45, 7) is 5.43. The zero-order valence-corrected chi connectivity index (χ0v) is 8.09. The highest BCUT2D eigenvalue weighted by Crippen LogP contribution is 2.18. The predicted molar refractivity (Wildman–Crippen MR) is 53.3 cm³/mol. The summed E-state index contributed by atoms with van der Waals surface area (Å²) in [7, 11) is 1.98. The summed E-state index contributed by atoms with van der Waals surface area (Å²) in [5, 5.41) is 3.18. The van der Waals surface area contributed by atoms with Gasteiger partial charge in [-0.2, -0.15) is 0 Å². The lowest BCUT2D eigenvalue weighted by Crippen LogP contribution is -2.08. The molecule has 1 N–H and O–H groups in total. The highest BCUT2D eigenvalue weighted by atomic mass is 14.8. The number of hydrogen-bond donors (Lipinski definition) is 1. The van der Waals surface area contributed by atoms with E-state index in [1.807, 2.05) is 7.05 Å². The SMILES string of the molecule is CNCc1ccccc1C(C)C. The van der Waals surface area contributed by atoms with E-state index < -0.39 is 0 Å². The van der Waals surface area contributed by atoms with Crippen LogP contribution in [0, 0.1) is 0 Å². The van der Waals surface area contributed by atoms with Crippen molar-refractivity contribution in [3.63, 3.8) is 0 Å². The Morgan fingerprint density at radius 2 is 1.92 bits per heavy atom. The van der Waals surface area contributed by atoms with Crippen LogP contribution < -0.4 is 5.32 Å². The molecule has 0 atom stereocenters. The van der Waals surface area contributed by atoms with Crippen LogP contribution >= 0.6 is 0 Å². The lowest BCUT2D eigenvalue weighted by Gasteiger charge is -2.11. The molecule has 1 aromatic carbocycles. The third-order valence-electron chi connectivity index (χ3n) is 2.04. The molecule has 1 heteroatoms. The van der Waals surface area contributed by atoms with Crippen LogP contribution in [0.4, 0.5) is 0 Å². The molecule has 12 heavy (non-hydrogen) atoms. The minimum absolute atomic E-state index is 0.620. The van der Waals surface area contributed by atoms with E-state index in [9.17, 15) is 0 Å². The van der Waals surface area contributed by atoms with Gasteiger partial charge in [0.05, 0.1) is 0 Å². The number of nitrogens with one attached hydrogen (secondary N) is 1. The Morgan fingerprint density at radius 3 is 2.50 bits per heavy atom. The number of benzene rings is 1. The third-order valence-corrected chi connectivity index (χ3v) is 2.04. The Balaban J connectivity index is 2.92. The van der Waals surface area contributed by atoms with Crippen LogP contribution in [0.5, 0.6) is 0 Å². The minimum Gasteiger partial charge on any atom is -0.316 e. The summed E-state index contributed by atoms with van der Waals surface area (Å²) in [5.41, 5.74) is 2.86. The van der Waals surface area contributed by atoms with Gasteiger partial charge < -0.3 is 5.32 Å². The zero-order valence-electron chi connectivity index (χ0n) is 8.09. The molecule has 0 radical (unpaired) electrons. The summed E-state index contributed by atoms with van der Waals surface area (Å²) in [6, 6.07) is 8.59. The van der Waals surface area contributed by atoms with Gasteiger partial charge in [-0.25, -0.2) is 0 Å². The number of rotatable bonds is 3. The predicted octanol–water partition coefficient (Wildman–Crippen LogP) is 2.53. The molecule has 0 heterocycles. The Labute approximate surface area is 74.8 Å². The molecular formula is C11H17N. The Bertz CT molecular complexity index is 241. The second-order valence-electron chi connectivity index (χ2n) is 3.38. The van der Waals surface area contributed by atoms with Crippen molar-refractivity contribution >= 4 is 0 Å². The largest absolute Gasteiger partial charge is 0.316 e. The van der Waals surface area contributed by atoms with Crippen molar-refractivity contribution < 1.29 is 0 Å². The molecule has 0 unspecified atom stereocenters. The lowest BCUT2D eigenvalue weighted by atomic mass is 9.97. The second-order valence-corrected chi connectivity index (χ2v) is 3.38. The Morgan fingerprint density at radius 1 is 1.25 bits per heavy atom. The van der Waals surface area contributed by atoms with Crippen LogP contribution in [0.1, 0.15) is 30.9 Å². The van der Waals surface area contributed by atoms with Gasteiger partial charge in [-0.15, -0.1) is 0 Å². The highest BCUT2D eigenvalue weighted by Gasteiger charge is 2.03. The van der Waals surface area contributed by atoms with Crippen molar-refractivity contribution in [1.82, 2.24) is 5.32 Å². The topological polar surface area (TPSA) is 12.0 Å². The van der Waals surface area contributed by atoms with Crippen molar-refractivity contribution in [1.29, 1.82) is 0 Å². The summed E-state index contributed by atoms with van der Waals surface area (Å²) >= 11 is 0. The fourth-order valence-corrected chi connectivity index (χ4v) is 1.45. The summed E-state index contributed by atoms with van der Waals surface area (Å²) in [5.74, 6) is 0.620. The van der Waals surface area contributed by atoms with Gasteiger partial charge in [0, 0.05) is 6.54 Å². The van der Waals surface area contributed by atoms with Crippen LogP contribution in [0.25, 0.3) is 0 Å². The van der Waals surface area contributed by atoms with E-state index in [-0.39, 0.29) is 0 Å². The van der Waals surface area contributed by atoms with Gasteiger partial charge in [0.15, 0.2) is 0 Å². The van der Waals surface area contributed by atoms with Gasteiger partial charge in [0.1, 0.15) is 0 Å². The number of hydrogen-bond acceptors (Lipinski definition) is 1. The summed E-state index contributed by atoms with van der Waals surface area (Å²) < 4.78 is 0. The minimum atomic E-state index is 0.620. The van der Waals surface area contributed by atoms with E-state index in [1.54, 1.807) is 0 Å². The van der Waals surface area contributed by atoms with E-state index in [4.69, 9.17) is 0 Å². The fraction of sp³-hybridized carbons (Fsp3) is 0.455. The summed E-state index contributed by atoms with van der Waals surface area (Å²) in [6.07, 6.45) is 0. The van der Waals surface area contributed by atoms with E-state index in [0.29, 0.717) is 5.92 Å². The van der Waals surface area contributed by atoms with Crippen molar-refractivity contribution in [2.75, 3.05) is 7.05 Å². The average molecular weight is 163 g/mol. The van der Waals surface area contributed by atoms with Crippen molar-refractivity contribution in [3.05, 3.63) is 35.4 Å². The first kappa shape index (κ1) is 9.27. The van der Waals surface area contributed by atoms with Gasteiger partial charge in [0.2, 0.25) is 0 Å². The van der Waals surface area contributed by atoms with E-state index in [0.717, 1.165) is 6.54 Å². The van der Waals surface area contributed by atoms with Crippen LogP contribution in [0.3, 0.4) is 0 Å².